The quantitative estimate of drug-likeness (QED) is 0.688. The van der Waals surface area contributed by atoms with Gasteiger partial charge < -0.3 is 10.5 Å². The number of hydrogen-bond donors (Lipinski definition) is 1. The molecule has 0 atom stereocenters. The van der Waals surface area contributed by atoms with Gasteiger partial charge in [-0.05, 0) is 6.07 Å². The number of methoxy groups -OCH3 is 1. The van der Waals surface area contributed by atoms with Crippen molar-refractivity contribution in [3.63, 3.8) is 0 Å². The van der Waals surface area contributed by atoms with Crippen molar-refractivity contribution in [2.45, 2.75) is 13.8 Å². The van der Waals surface area contributed by atoms with Gasteiger partial charge in [-0.15, -0.1) is 0 Å². The van der Waals surface area contributed by atoms with E-state index in [1.165, 1.54) is 19.2 Å². The summed E-state index contributed by atoms with van der Waals surface area (Å²) < 4.78 is 17.2. The van der Waals surface area contributed by atoms with Gasteiger partial charge in [-0.25, -0.2) is 4.39 Å². The Morgan fingerprint density at radius 2 is 1.92 bits per heavy atom. The van der Waals surface area contributed by atoms with Crippen molar-refractivity contribution < 1.29 is 14.9 Å². The Morgan fingerprint density at radius 3 is 2.33 bits per heavy atom. The van der Waals surface area contributed by atoms with Crippen LogP contribution in [0.15, 0.2) is 18.2 Å². The van der Waals surface area contributed by atoms with Gasteiger partial charge in [-0.3, -0.25) is 0 Å². The lowest BCUT2D eigenvalue weighted by Crippen LogP contribution is -2.40. The lowest BCUT2D eigenvalue weighted by molar-refractivity contribution is -0.256. The maximum Gasteiger partial charge on any atom is 0.182 e. The molecule has 1 aromatic carbocycles. The monoisotopic (exact) mass is 172 g/mol. The number of halogens is 1. The molecule has 0 saturated carbocycles. The lowest BCUT2D eigenvalue weighted by Gasteiger charge is -1.98. The summed E-state index contributed by atoms with van der Waals surface area (Å²) in [4.78, 5) is 0. The molecule has 1 rings (SSSR count). The van der Waals surface area contributed by atoms with E-state index in [1.807, 2.05) is 13.8 Å². The van der Waals surface area contributed by atoms with Crippen LogP contribution >= 0.6 is 0 Å². The van der Waals surface area contributed by atoms with Gasteiger partial charge >= 0.3 is 0 Å². The van der Waals surface area contributed by atoms with E-state index in [-0.39, 0.29) is 5.82 Å². The van der Waals surface area contributed by atoms with Crippen LogP contribution in [0.2, 0.25) is 0 Å². The van der Waals surface area contributed by atoms with E-state index in [0.717, 1.165) is 0 Å². The van der Waals surface area contributed by atoms with E-state index in [1.54, 1.807) is 6.07 Å². The third-order valence-electron chi connectivity index (χ3n) is 1.25. The molecule has 2 nitrogen and oxygen atoms in total. The predicted molar refractivity (Wildman–Crippen MR) is 46.8 cm³/mol. The van der Waals surface area contributed by atoms with Gasteiger partial charge in [-0.2, -0.15) is 0 Å². The SMILES string of the molecule is CC.COc1cc(F)ccc1[NH3+]. The van der Waals surface area contributed by atoms with Crippen LogP contribution in [0.5, 0.6) is 5.75 Å². The first-order chi connectivity index (χ1) is 5.74. The van der Waals surface area contributed by atoms with Crippen molar-refractivity contribution in [1.82, 2.24) is 0 Å². The van der Waals surface area contributed by atoms with Gasteiger partial charge in [0.15, 0.2) is 11.4 Å². The van der Waals surface area contributed by atoms with Crippen LogP contribution in [-0.2, 0) is 0 Å². The van der Waals surface area contributed by atoms with Crippen LogP contribution in [0, 0.1) is 5.82 Å². The summed E-state index contributed by atoms with van der Waals surface area (Å²) in [5, 5.41) is 0. The molecule has 3 N–H and O–H groups in total. The highest BCUT2D eigenvalue weighted by Gasteiger charge is 2.01. The molecule has 0 heterocycles. The minimum Gasteiger partial charge on any atom is -0.491 e. The van der Waals surface area contributed by atoms with Gasteiger partial charge in [0.1, 0.15) is 5.82 Å². The largest absolute Gasteiger partial charge is 0.491 e. The second-order valence-corrected chi connectivity index (χ2v) is 1.96. The van der Waals surface area contributed by atoms with Crippen molar-refractivity contribution in [2.75, 3.05) is 7.11 Å². The number of hydrogen-bond acceptors (Lipinski definition) is 1. The zero-order valence-electron chi connectivity index (χ0n) is 7.73. The molecule has 0 aliphatic rings. The predicted octanol–water partition coefficient (Wildman–Crippen LogP) is 1.73. The summed E-state index contributed by atoms with van der Waals surface area (Å²) in [6, 6.07) is 4.24. The molecule has 0 radical (unpaired) electrons. The summed E-state index contributed by atoms with van der Waals surface area (Å²) in [7, 11) is 1.49. The minimum absolute atomic E-state index is 0.302. The van der Waals surface area contributed by atoms with Gasteiger partial charge in [-0.1, -0.05) is 13.8 Å². The van der Waals surface area contributed by atoms with Crippen molar-refractivity contribution in [3.8, 4) is 5.75 Å². The van der Waals surface area contributed by atoms with E-state index in [4.69, 9.17) is 4.74 Å². The van der Waals surface area contributed by atoms with Crippen molar-refractivity contribution >= 4 is 5.69 Å². The van der Waals surface area contributed by atoms with Crippen LogP contribution in [0.4, 0.5) is 10.1 Å². The first-order valence-corrected chi connectivity index (χ1v) is 3.89. The molecule has 0 fully saturated rings. The Kier molecular flexibility index (Phi) is 5.04. The van der Waals surface area contributed by atoms with E-state index >= 15 is 0 Å². The maximum atomic E-state index is 12.4. The van der Waals surface area contributed by atoms with Crippen LogP contribution in [0.3, 0.4) is 0 Å². The smallest absolute Gasteiger partial charge is 0.182 e. The average Bonchev–Trinajstić information content (AvgIpc) is 2.13. The van der Waals surface area contributed by atoms with E-state index in [0.29, 0.717) is 11.4 Å². The fraction of sp³-hybridized carbons (Fsp3) is 0.333. The Balaban J connectivity index is 0.000000561. The topological polar surface area (TPSA) is 36.9 Å². The molecule has 1 aromatic rings. The standard InChI is InChI=1S/C7H8FNO.C2H6/c1-10-7-4-5(8)2-3-6(7)9;1-2/h2-4H,9H2,1H3;1-2H3/p+1. The zero-order valence-corrected chi connectivity index (χ0v) is 7.73. The fourth-order valence-corrected chi connectivity index (χ4v) is 0.718. The van der Waals surface area contributed by atoms with Gasteiger partial charge in [0.25, 0.3) is 0 Å². The Bertz CT molecular complexity index is 238. The number of benzene rings is 1. The van der Waals surface area contributed by atoms with E-state index in [9.17, 15) is 4.39 Å². The third kappa shape index (κ3) is 2.88. The van der Waals surface area contributed by atoms with E-state index < -0.39 is 0 Å². The third-order valence-corrected chi connectivity index (χ3v) is 1.25. The second kappa shape index (κ2) is 5.55. The first-order valence-electron chi connectivity index (χ1n) is 3.89. The highest BCUT2D eigenvalue weighted by atomic mass is 19.1. The summed E-state index contributed by atoms with van der Waals surface area (Å²) in [6.07, 6.45) is 0. The van der Waals surface area contributed by atoms with Crippen LogP contribution in [0.1, 0.15) is 13.8 Å². The molecule has 68 valence electrons. The highest BCUT2D eigenvalue weighted by molar-refractivity contribution is 5.44. The molecular formula is C9H15FNO+. The Hall–Kier alpha value is -1.09. The normalized spacial score (nSPS) is 8.42. The Labute approximate surface area is 72.2 Å². The molecule has 0 aliphatic heterocycles. The second-order valence-electron chi connectivity index (χ2n) is 1.96. The number of quaternary nitrogens is 1. The van der Waals surface area contributed by atoms with Crippen molar-refractivity contribution in [3.05, 3.63) is 24.0 Å². The fourth-order valence-electron chi connectivity index (χ4n) is 0.718. The summed E-state index contributed by atoms with van der Waals surface area (Å²) in [5.41, 5.74) is 4.34. The minimum atomic E-state index is -0.302. The number of ether oxygens (including phenoxy) is 1. The number of rotatable bonds is 1. The summed E-state index contributed by atoms with van der Waals surface area (Å²) in [5.74, 6) is 0.184. The van der Waals surface area contributed by atoms with Gasteiger partial charge in [0.2, 0.25) is 0 Å². The molecule has 0 unspecified atom stereocenters. The molecular weight excluding hydrogens is 157 g/mol. The zero-order chi connectivity index (χ0) is 9.56. The van der Waals surface area contributed by atoms with Crippen LogP contribution in [-0.4, -0.2) is 7.11 Å². The summed E-state index contributed by atoms with van der Waals surface area (Å²) >= 11 is 0. The van der Waals surface area contributed by atoms with Crippen LogP contribution in [0.25, 0.3) is 0 Å². The van der Waals surface area contributed by atoms with Gasteiger partial charge in [0.05, 0.1) is 7.11 Å². The maximum absolute atomic E-state index is 12.4. The van der Waals surface area contributed by atoms with Crippen molar-refractivity contribution in [2.24, 2.45) is 0 Å². The molecule has 12 heavy (non-hydrogen) atoms. The lowest BCUT2D eigenvalue weighted by atomic mass is 10.3. The van der Waals surface area contributed by atoms with Crippen molar-refractivity contribution in [1.29, 1.82) is 0 Å². The average molecular weight is 172 g/mol. The molecule has 0 aromatic heterocycles. The highest BCUT2D eigenvalue weighted by Crippen LogP contribution is 2.19. The molecule has 0 spiro atoms. The molecule has 0 amide bonds. The van der Waals surface area contributed by atoms with E-state index in [2.05, 4.69) is 5.73 Å². The van der Waals surface area contributed by atoms with Crippen LogP contribution < -0.4 is 10.5 Å². The molecule has 3 heteroatoms. The Morgan fingerprint density at radius 1 is 1.33 bits per heavy atom. The van der Waals surface area contributed by atoms with Gasteiger partial charge in [0, 0.05) is 12.1 Å². The molecule has 0 aliphatic carbocycles. The molecule has 0 saturated heterocycles. The molecule has 0 bridgehead atoms. The first kappa shape index (κ1) is 10.9. The summed E-state index contributed by atoms with van der Waals surface area (Å²) in [6.45, 7) is 4.00.